The highest BCUT2D eigenvalue weighted by Crippen LogP contribution is 2.36. The number of halogens is 2. The van der Waals surface area contributed by atoms with E-state index in [1.807, 2.05) is 25.1 Å². The Hall–Kier alpha value is -2.91. The minimum atomic E-state index is -0.401. The molecule has 0 saturated heterocycles. The van der Waals surface area contributed by atoms with Crippen molar-refractivity contribution in [1.82, 2.24) is 14.8 Å². The van der Waals surface area contributed by atoms with E-state index in [2.05, 4.69) is 36.6 Å². The molecule has 2 heterocycles. The van der Waals surface area contributed by atoms with Crippen molar-refractivity contribution in [3.05, 3.63) is 63.3 Å². The SMILES string of the molecule is Cc1ccc(Cl)cc1NC(=O)COc1ccc(Br)cc1[C@H]1CC(=O)Nc2ncnn21. The monoisotopic (exact) mass is 489 g/mol. The molecule has 3 aromatic rings. The van der Waals surface area contributed by atoms with Gasteiger partial charge in [0, 0.05) is 20.7 Å². The molecule has 1 aromatic heterocycles. The van der Waals surface area contributed by atoms with Crippen molar-refractivity contribution < 1.29 is 14.3 Å². The minimum absolute atomic E-state index is 0.166. The zero-order valence-corrected chi connectivity index (χ0v) is 18.2. The number of hydrogen-bond acceptors (Lipinski definition) is 5. The molecule has 1 aliphatic heterocycles. The fourth-order valence-corrected chi connectivity index (χ4v) is 3.77. The van der Waals surface area contributed by atoms with Gasteiger partial charge in [0.2, 0.25) is 11.9 Å². The van der Waals surface area contributed by atoms with Gasteiger partial charge in [-0.05, 0) is 42.8 Å². The Labute approximate surface area is 185 Å². The van der Waals surface area contributed by atoms with Crippen LogP contribution in [0.15, 0.2) is 47.2 Å². The van der Waals surface area contributed by atoms with Crippen molar-refractivity contribution in [3.63, 3.8) is 0 Å². The van der Waals surface area contributed by atoms with Gasteiger partial charge in [0.1, 0.15) is 12.1 Å². The largest absolute Gasteiger partial charge is 0.483 e. The maximum absolute atomic E-state index is 12.4. The number of benzene rings is 2. The van der Waals surface area contributed by atoms with Crippen molar-refractivity contribution in [2.45, 2.75) is 19.4 Å². The maximum atomic E-state index is 12.4. The van der Waals surface area contributed by atoms with E-state index in [1.54, 1.807) is 22.9 Å². The summed E-state index contributed by atoms with van der Waals surface area (Å²) in [6.07, 6.45) is 1.56. The summed E-state index contributed by atoms with van der Waals surface area (Å²) in [6.45, 7) is 1.67. The number of carbonyl (C=O) groups is 2. The predicted molar refractivity (Wildman–Crippen MR) is 116 cm³/mol. The van der Waals surface area contributed by atoms with Crippen molar-refractivity contribution in [3.8, 4) is 5.75 Å². The number of aromatic nitrogens is 3. The molecule has 0 bridgehead atoms. The normalized spacial score (nSPS) is 15.3. The van der Waals surface area contributed by atoms with E-state index in [0.717, 1.165) is 15.6 Å². The Morgan fingerprint density at radius 3 is 3.03 bits per heavy atom. The number of nitrogens with zero attached hydrogens (tertiary/aromatic N) is 3. The molecule has 0 aliphatic carbocycles. The van der Waals surface area contributed by atoms with Gasteiger partial charge in [-0.2, -0.15) is 10.1 Å². The van der Waals surface area contributed by atoms with Crippen LogP contribution in [0.1, 0.15) is 23.6 Å². The highest BCUT2D eigenvalue weighted by Gasteiger charge is 2.30. The first-order chi connectivity index (χ1) is 14.4. The van der Waals surface area contributed by atoms with Crippen LogP contribution in [0.4, 0.5) is 11.6 Å². The van der Waals surface area contributed by atoms with Gasteiger partial charge >= 0.3 is 0 Å². The number of carbonyl (C=O) groups excluding carboxylic acids is 2. The number of fused-ring (bicyclic) bond motifs is 1. The molecule has 4 rings (SSSR count). The second kappa shape index (κ2) is 8.45. The van der Waals surface area contributed by atoms with Gasteiger partial charge < -0.3 is 10.1 Å². The molecule has 0 fully saturated rings. The third-order valence-electron chi connectivity index (χ3n) is 4.66. The van der Waals surface area contributed by atoms with E-state index >= 15 is 0 Å². The van der Waals surface area contributed by atoms with Gasteiger partial charge in [-0.25, -0.2) is 4.68 Å². The molecule has 0 saturated carbocycles. The summed E-state index contributed by atoms with van der Waals surface area (Å²) in [5.41, 5.74) is 2.24. The molecule has 1 atom stereocenters. The van der Waals surface area contributed by atoms with E-state index in [9.17, 15) is 9.59 Å². The molecule has 2 N–H and O–H groups in total. The number of rotatable bonds is 5. The lowest BCUT2D eigenvalue weighted by molar-refractivity contribution is -0.118. The van der Waals surface area contributed by atoms with Crippen LogP contribution in [0.5, 0.6) is 5.75 Å². The quantitative estimate of drug-likeness (QED) is 0.564. The van der Waals surface area contributed by atoms with Crippen molar-refractivity contribution >= 4 is 51.0 Å². The van der Waals surface area contributed by atoms with E-state index < -0.39 is 6.04 Å². The van der Waals surface area contributed by atoms with Crippen LogP contribution >= 0.6 is 27.5 Å². The summed E-state index contributed by atoms with van der Waals surface area (Å²) in [6, 6.07) is 10.3. The van der Waals surface area contributed by atoms with Crippen LogP contribution in [-0.2, 0) is 9.59 Å². The van der Waals surface area contributed by atoms with Crippen LogP contribution in [0.25, 0.3) is 0 Å². The van der Waals surface area contributed by atoms with Crippen LogP contribution in [-0.4, -0.2) is 33.2 Å². The molecule has 2 aromatic carbocycles. The summed E-state index contributed by atoms with van der Waals surface area (Å²) >= 11 is 9.46. The number of amides is 2. The molecule has 1 aliphatic rings. The fraction of sp³-hybridized carbons (Fsp3) is 0.200. The Bertz CT molecular complexity index is 1130. The Balaban J connectivity index is 1.54. The predicted octanol–water partition coefficient (Wildman–Crippen LogP) is 3.95. The molecule has 0 radical (unpaired) electrons. The van der Waals surface area contributed by atoms with Gasteiger partial charge in [-0.1, -0.05) is 33.6 Å². The van der Waals surface area contributed by atoms with Gasteiger partial charge in [0.05, 0.1) is 12.5 Å². The zero-order valence-electron chi connectivity index (χ0n) is 15.9. The topological polar surface area (TPSA) is 98.1 Å². The Kier molecular flexibility index (Phi) is 5.74. The van der Waals surface area contributed by atoms with Crippen molar-refractivity contribution in [2.75, 3.05) is 17.2 Å². The van der Waals surface area contributed by atoms with Crippen molar-refractivity contribution in [1.29, 1.82) is 0 Å². The summed E-state index contributed by atoms with van der Waals surface area (Å²) in [5.74, 6) is 0.367. The van der Waals surface area contributed by atoms with Crippen LogP contribution < -0.4 is 15.4 Å². The summed E-state index contributed by atoms with van der Waals surface area (Å²) in [5, 5.41) is 10.2. The third kappa shape index (κ3) is 4.31. The molecule has 30 heavy (non-hydrogen) atoms. The van der Waals surface area contributed by atoms with E-state index in [-0.39, 0.29) is 24.8 Å². The Morgan fingerprint density at radius 2 is 2.20 bits per heavy atom. The average Bonchev–Trinajstić information content (AvgIpc) is 3.17. The van der Waals surface area contributed by atoms with Gasteiger partial charge in [0.25, 0.3) is 5.91 Å². The molecular formula is C20H17BrClN5O3. The van der Waals surface area contributed by atoms with Gasteiger partial charge in [0.15, 0.2) is 6.61 Å². The molecule has 0 unspecified atom stereocenters. The summed E-state index contributed by atoms with van der Waals surface area (Å²) in [7, 11) is 0. The summed E-state index contributed by atoms with van der Waals surface area (Å²) < 4.78 is 8.26. The number of nitrogens with one attached hydrogen (secondary N) is 2. The molecule has 10 heteroatoms. The highest BCUT2D eigenvalue weighted by molar-refractivity contribution is 9.10. The van der Waals surface area contributed by atoms with Gasteiger partial charge in [-0.3, -0.25) is 14.9 Å². The number of ether oxygens (including phenoxy) is 1. The zero-order chi connectivity index (χ0) is 21.3. The second-order valence-corrected chi connectivity index (χ2v) is 8.13. The van der Waals surface area contributed by atoms with E-state index in [0.29, 0.717) is 22.4 Å². The second-order valence-electron chi connectivity index (χ2n) is 6.77. The highest BCUT2D eigenvalue weighted by atomic mass is 79.9. The standard InChI is InChI=1S/C20H17BrClN5O3/c1-11-2-4-13(22)7-15(11)25-19(29)9-30-17-5-3-12(21)6-14(17)16-8-18(28)26-20-23-10-24-27(16)20/h2-7,10,16H,8-9H2,1H3,(H,25,29)(H,23,24,26,28)/t16-/m1/s1. The van der Waals surface area contributed by atoms with Crippen LogP contribution in [0.3, 0.4) is 0 Å². The molecular weight excluding hydrogens is 474 g/mol. The lowest BCUT2D eigenvalue weighted by Crippen LogP contribution is -2.30. The lowest BCUT2D eigenvalue weighted by atomic mass is 10.0. The van der Waals surface area contributed by atoms with Gasteiger partial charge in [-0.15, -0.1) is 0 Å². The first-order valence-corrected chi connectivity index (χ1v) is 10.3. The number of anilines is 2. The minimum Gasteiger partial charge on any atom is -0.483 e. The maximum Gasteiger partial charge on any atom is 0.262 e. The number of hydrogen-bond donors (Lipinski definition) is 2. The smallest absolute Gasteiger partial charge is 0.262 e. The number of aryl methyl sites for hydroxylation is 1. The Morgan fingerprint density at radius 1 is 1.37 bits per heavy atom. The third-order valence-corrected chi connectivity index (χ3v) is 5.39. The fourth-order valence-electron chi connectivity index (χ4n) is 3.22. The lowest BCUT2D eigenvalue weighted by Gasteiger charge is -2.25. The molecule has 2 amide bonds. The average molecular weight is 491 g/mol. The molecule has 8 nitrogen and oxygen atoms in total. The first kappa shape index (κ1) is 20.4. The molecule has 0 spiro atoms. The van der Waals surface area contributed by atoms with Crippen LogP contribution in [0.2, 0.25) is 5.02 Å². The summed E-state index contributed by atoms with van der Waals surface area (Å²) in [4.78, 5) is 28.6. The first-order valence-electron chi connectivity index (χ1n) is 9.08. The van der Waals surface area contributed by atoms with Crippen LogP contribution in [0, 0.1) is 6.92 Å². The van der Waals surface area contributed by atoms with E-state index in [1.165, 1.54) is 6.33 Å². The van der Waals surface area contributed by atoms with E-state index in [4.69, 9.17) is 16.3 Å². The van der Waals surface area contributed by atoms with Crippen molar-refractivity contribution in [2.24, 2.45) is 0 Å². The molecule has 154 valence electrons.